The molecule has 0 radical (unpaired) electrons. The summed E-state index contributed by atoms with van der Waals surface area (Å²) in [5.41, 5.74) is 2.10. The van der Waals surface area contributed by atoms with Crippen molar-refractivity contribution in [3.63, 3.8) is 0 Å². The second kappa shape index (κ2) is 7.71. The van der Waals surface area contributed by atoms with Crippen molar-refractivity contribution in [3.05, 3.63) is 29.8 Å². The summed E-state index contributed by atoms with van der Waals surface area (Å²) in [6.07, 6.45) is 1.96. The van der Waals surface area contributed by atoms with Gasteiger partial charge >= 0.3 is 6.03 Å². The van der Waals surface area contributed by atoms with Gasteiger partial charge in [0.05, 0.1) is 0 Å². The number of benzene rings is 1. The number of carbonyl (C=O) groups is 1. The predicted octanol–water partition coefficient (Wildman–Crippen LogP) is 2.32. The fourth-order valence-corrected chi connectivity index (χ4v) is 1.60. The molecule has 0 aliphatic rings. The molecular weight excluding hydrogens is 226 g/mol. The number of aryl methyl sites for hydroxylation is 1. The molecule has 0 spiro atoms. The van der Waals surface area contributed by atoms with E-state index in [0.29, 0.717) is 6.54 Å². The van der Waals surface area contributed by atoms with E-state index in [4.69, 9.17) is 0 Å². The summed E-state index contributed by atoms with van der Waals surface area (Å²) < 4.78 is 0. The van der Waals surface area contributed by atoms with Crippen LogP contribution in [-0.4, -0.2) is 38.1 Å². The van der Waals surface area contributed by atoms with Crippen molar-refractivity contribution in [2.24, 2.45) is 0 Å². The first-order valence-electron chi connectivity index (χ1n) is 6.40. The zero-order chi connectivity index (χ0) is 13.4. The molecule has 4 nitrogen and oxygen atoms in total. The number of urea groups is 1. The summed E-state index contributed by atoms with van der Waals surface area (Å²) in [4.78, 5) is 13.7. The average molecular weight is 249 g/mol. The molecule has 0 fully saturated rings. The lowest BCUT2D eigenvalue weighted by molar-refractivity contribution is 0.251. The maximum atomic E-state index is 11.6. The lowest BCUT2D eigenvalue weighted by Gasteiger charge is -2.10. The highest BCUT2D eigenvalue weighted by atomic mass is 16.2. The number of hydrogen-bond donors (Lipinski definition) is 2. The maximum absolute atomic E-state index is 11.6. The largest absolute Gasteiger partial charge is 0.338 e. The van der Waals surface area contributed by atoms with Crippen molar-refractivity contribution < 1.29 is 4.79 Å². The summed E-state index contributed by atoms with van der Waals surface area (Å²) in [7, 11) is 4.05. The zero-order valence-corrected chi connectivity index (χ0v) is 11.5. The SMILES string of the molecule is CCc1ccc(NC(=O)NCCCN(C)C)cc1. The Balaban J connectivity index is 2.26. The Labute approximate surface area is 109 Å². The Bertz CT molecular complexity index is 360. The van der Waals surface area contributed by atoms with Crippen LogP contribution in [0.3, 0.4) is 0 Å². The van der Waals surface area contributed by atoms with Crippen molar-refractivity contribution in [2.75, 3.05) is 32.5 Å². The number of nitrogens with zero attached hydrogens (tertiary/aromatic N) is 1. The van der Waals surface area contributed by atoms with Crippen LogP contribution in [0.2, 0.25) is 0 Å². The number of carbonyl (C=O) groups excluding carboxylic acids is 1. The van der Waals surface area contributed by atoms with Crippen molar-refractivity contribution in [2.45, 2.75) is 19.8 Å². The molecule has 0 aliphatic carbocycles. The van der Waals surface area contributed by atoms with Crippen molar-refractivity contribution in [1.82, 2.24) is 10.2 Å². The van der Waals surface area contributed by atoms with Crippen LogP contribution in [0.15, 0.2) is 24.3 Å². The third kappa shape index (κ3) is 5.68. The van der Waals surface area contributed by atoms with Gasteiger partial charge in [0.25, 0.3) is 0 Å². The van der Waals surface area contributed by atoms with Gasteiger partial charge in [-0.3, -0.25) is 0 Å². The third-order valence-electron chi connectivity index (χ3n) is 2.69. The molecule has 0 unspecified atom stereocenters. The Morgan fingerprint density at radius 2 is 1.89 bits per heavy atom. The van der Waals surface area contributed by atoms with Gasteiger partial charge < -0.3 is 15.5 Å². The molecule has 0 saturated heterocycles. The lowest BCUT2D eigenvalue weighted by atomic mass is 10.1. The van der Waals surface area contributed by atoms with Crippen LogP contribution in [0.5, 0.6) is 0 Å². The molecular formula is C14H23N3O. The second-order valence-corrected chi connectivity index (χ2v) is 4.59. The number of rotatable bonds is 6. The fraction of sp³-hybridized carbons (Fsp3) is 0.500. The topological polar surface area (TPSA) is 44.4 Å². The van der Waals surface area contributed by atoms with Crippen molar-refractivity contribution >= 4 is 11.7 Å². The van der Waals surface area contributed by atoms with Gasteiger partial charge in [-0.1, -0.05) is 19.1 Å². The Kier molecular flexibility index (Phi) is 6.22. The Hall–Kier alpha value is -1.55. The predicted molar refractivity (Wildman–Crippen MR) is 76.0 cm³/mol. The molecule has 0 aromatic heterocycles. The number of nitrogens with one attached hydrogen (secondary N) is 2. The van der Waals surface area contributed by atoms with Gasteiger partial charge in [0.2, 0.25) is 0 Å². The molecule has 0 bridgehead atoms. The van der Waals surface area contributed by atoms with Crippen LogP contribution in [-0.2, 0) is 6.42 Å². The van der Waals surface area contributed by atoms with E-state index in [1.165, 1.54) is 5.56 Å². The maximum Gasteiger partial charge on any atom is 0.319 e. The van der Waals surface area contributed by atoms with Gasteiger partial charge in [-0.15, -0.1) is 0 Å². The van der Waals surface area contributed by atoms with Gasteiger partial charge in [0, 0.05) is 12.2 Å². The van der Waals surface area contributed by atoms with E-state index >= 15 is 0 Å². The van der Waals surface area contributed by atoms with E-state index < -0.39 is 0 Å². The molecule has 2 N–H and O–H groups in total. The minimum absolute atomic E-state index is 0.141. The first-order chi connectivity index (χ1) is 8.61. The van der Waals surface area contributed by atoms with Crippen LogP contribution in [0.4, 0.5) is 10.5 Å². The molecule has 0 atom stereocenters. The van der Waals surface area contributed by atoms with Gasteiger partial charge in [0.1, 0.15) is 0 Å². The lowest BCUT2D eigenvalue weighted by Crippen LogP contribution is -2.31. The quantitative estimate of drug-likeness (QED) is 0.760. The summed E-state index contributed by atoms with van der Waals surface area (Å²) in [6.45, 7) is 3.78. The van der Waals surface area contributed by atoms with E-state index in [9.17, 15) is 4.79 Å². The second-order valence-electron chi connectivity index (χ2n) is 4.59. The highest BCUT2D eigenvalue weighted by Crippen LogP contribution is 2.09. The van der Waals surface area contributed by atoms with Crippen LogP contribution in [0.1, 0.15) is 18.9 Å². The molecule has 0 aliphatic heterocycles. The number of anilines is 1. The van der Waals surface area contributed by atoms with Gasteiger partial charge in [0.15, 0.2) is 0 Å². The first kappa shape index (κ1) is 14.5. The summed E-state index contributed by atoms with van der Waals surface area (Å²) in [5, 5.41) is 5.66. The fourth-order valence-electron chi connectivity index (χ4n) is 1.60. The zero-order valence-electron chi connectivity index (χ0n) is 11.5. The van der Waals surface area contributed by atoms with E-state index in [2.05, 4.69) is 22.5 Å². The van der Waals surface area contributed by atoms with Crippen LogP contribution >= 0.6 is 0 Å². The molecule has 100 valence electrons. The summed E-state index contributed by atoms with van der Waals surface area (Å²) in [6, 6.07) is 7.78. The average Bonchev–Trinajstić information content (AvgIpc) is 2.35. The Morgan fingerprint density at radius 3 is 2.44 bits per heavy atom. The minimum atomic E-state index is -0.141. The van der Waals surface area contributed by atoms with E-state index in [1.807, 2.05) is 38.4 Å². The van der Waals surface area contributed by atoms with E-state index in [1.54, 1.807) is 0 Å². The summed E-state index contributed by atoms with van der Waals surface area (Å²) in [5.74, 6) is 0. The smallest absolute Gasteiger partial charge is 0.319 e. The molecule has 2 amide bonds. The molecule has 1 rings (SSSR count). The van der Waals surface area contributed by atoms with E-state index in [-0.39, 0.29) is 6.03 Å². The minimum Gasteiger partial charge on any atom is -0.338 e. The highest BCUT2D eigenvalue weighted by Gasteiger charge is 2.00. The van der Waals surface area contributed by atoms with Gasteiger partial charge in [-0.2, -0.15) is 0 Å². The number of amides is 2. The molecule has 0 saturated carbocycles. The molecule has 1 aromatic carbocycles. The van der Waals surface area contributed by atoms with Crippen LogP contribution in [0.25, 0.3) is 0 Å². The summed E-state index contributed by atoms with van der Waals surface area (Å²) >= 11 is 0. The standard InChI is InChI=1S/C14H23N3O/c1-4-12-6-8-13(9-7-12)16-14(18)15-10-5-11-17(2)3/h6-9H,4-5,10-11H2,1-3H3,(H2,15,16,18). The number of hydrogen-bond acceptors (Lipinski definition) is 2. The molecule has 0 heterocycles. The van der Waals surface area contributed by atoms with Crippen molar-refractivity contribution in [1.29, 1.82) is 0 Å². The van der Waals surface area contributed by atoms with E-state index in [0.717, 1.165) is 25.1 Å². The van der Waals surface area contributed by atoms with Gasteiger partial charge in [-0.25, -0.2) is 4.79 Å². The molecule has 1 aromatic rings. The Morgan fingerprint density at radius 1 is 1.22 bits per heavy atom. The van der Waals surface area contributed by atoms with Crippen LogP contribution in [0, 0.1) is 0 Å². The normalized spacial score (nSPS) is 10.4. The molecule has 4 heteroatoms. The molecule has 18 heavy (non-hydrogen) atoms. The first-order valence-corrected chi connectivity index (χ1v) is 6.40. The van der Waals surface area contributed by atoms with Gasteiger partial charge in [-0.05, 0) is 51.2 Å². The monoisotopic (exact) mass is 249 g/mol. The van der Waals surface area contributed by atoms with Crippen molar-refractivity contribution in [3.8, 4) is 0 Å². The third-order valence-corrected chi connectivity index (χ3v) is 2.69. The highest BCUT2D eigenvalue weighted by molar-refractivity contribution is 5.89. The van der Waals surface area contributed by atoms with Crippen LogP contribution < -0.4 is 10.6 Å².